The van der Waals surface area contributed by atoms with E-state index in [9.17, 15) is 13.2 Å². The van der Waals surface area contributed by atoms with E-state index >= 15 is 0 Å². The van der Waals surface area contributed by atoms with Gasteiger partial charge >= 0.3 is 0 Å². The van der Waals surface area contributed by atoms with Crippen molar-refractivity contribution >= 4 is 27.3 Å². The average molecular weight is 328 g/mol. The Morgan fingerprint density at radius 3 is 2.62 bits per heavy atom. The topological polar surface area (TPSA) is 66.5 Å². The van der Waals surface area contributed by atoms with Crippen molar-refractivity contribution in [1.29, 1.82) is 0 Å². The second-order valence-corrected chi connectivity index (χ2v) is 9.01. The molecule has 1 amide bonds. The van der Waals surface area contributed by atoms with Crippen molar-refractivity contribution in [2.45, 2.75) is 42.9 Å². The van der Waals surface area contributed by atoms with Gasteiger partial charge in [0.05, 0.1) is 6.54 Å². The second-order valence-electron chi connectivity index (χ2n) is 5.68. The van der Waals surface area contributed by atoms with Gasteiger partial charge in [0.2, 0.25) is 5.91 Å². The number of carbonyl (C=O) groups is 1. The van der Waals surface area contributed by atoms with Gasteiger partial charge in [-0.05, 0) is 37.8 Å². The van der Waals surface area contributed by atoms with Crippen molar-refractivity contribution in [3.05, 3.63) is 17.0 Å². The first-order valence-electron chi connectivity index (χ1n) is 7.44. The molecule has 1 aliphatic heterocycles. The molecule has 2 heterocycles. The number of hydrogen-bond acceptors (Lipinski definition) is 4. The van der Waals surface area contributed by atoms with Crippen molar-refractivity contribution in [3.63, 3.8) is 0 Å². The summed E-state index contributed by atoms with van der Waals surface area (Å²) in [6.07, 6.45) is 4.94. The highest BCUT2D eigenvalue weighted by molar-refractivity contribution is 7.91. The van der Waals surface area contributed by atoms with Gasteiger partial charge in [0, 0.05) is 23.9 Å². The van der Waals surface area contributed by atoms with Crippen LogP contribution in [-0.4, -0.2) is 31.7 Å². The van der Waals surface area contributed by atoms with E-state index in [4.69, 9.17) is 0 Å². The zero-order chi connectivity index (χ0) is 14.9. The van der Waals surface area contributed by atoms with Crippen molar-refractivity contribution in [3.8, 4) is 0 Å². The molecule has 1 aromatic rings. The first kappa shape index (κ1) is 15.0. The molecule has 2 aliphatic rings. The maximum absolute atomic E-state index is 12.5. The Hall–Kier alpha value is -0.920. The molecule has 1 saturated heterocycles. The Bertz CT molecular complexity index is 614. The van der Waals surface area contributed by atoms with Crippen LogP contribution in [0.15, 0.2) is 16.3 Å². The van der Waals surface area contributed by atoms with E-state index in [2.05, 4.69) is 5.32 Å². The zero-order valence-electron chi connectivity index (χ0n) is 11.9. The van der Waals surface area contributed by atoms with Gasteiger partial charge in [-0.25, -0.2) is 8.42 Å². The lowest BCUT2D eigenvalue weighted by Gasteiger charge is -2.25. The van der Waals surface area contributed by atoms with Crippen molar-refractivity contribution in [2.75, 3.05) is 13.1 Å². The van der Waals surface area contributed by atoms with Crippen LogP contribution in [-0.2, 0) is 21.4 Å². The average Bonchev–Trinajstić information content (AvgIpc) is 3.24. The van der Waals surface area contributed by atoms with Crippen LogP contribution in [0.5, 0.6) is 0 Å². The highest BCUT2D eigenvalue weighted by atomic mass is 32.2. The van der Waals surface area contributed by atoms with Gasteiger partial charge < -0.3 is 5.32 Å². The van der Waals surface area contributed by atoms with E-state index in [0.717, 1.165) is 37.0 Å². The zero-order valence-corrected chi connectivity index (χ0v) is 13.5. The molecule has 0 radical (unpaired) electrons. The molecule has 0 aromatic carbocycles. The van der Waals surface area contributed by atoms with Gasteiger partial charge in [-0.1, -0.05) is 6.42 Å². The van der Waals surface area contributed by atoms with Gasteiger partial charge in [0.15, 0.2) is 0 Å². The van der Waals surface area contributed by atoms with E-state index in [-0.39, 0.29) is 11.8 Å². The minimum atomic E-state index is -3.34. The van der Waals surface area contributed by atoms with E-state index < -0.39 is 10.0 Å². The maximum Gasteiger partial charge on any atom is 0.252 e. The number of piperidine rings is 1. The molecular weight excluding hydrogens is 308 g/mol. The molecule has 1 aliphatic carbocycles. The normalized spacial score (nSPS) is 20.4. The minimum Gasteiger partial charge on any atom is -0.351 e. The molecule has 1 aromatic heterocycles. The Morgan fingerprint density at radius 2 is 1.95 bits per heavy atom. The third-order valence-electron chi connectivity index (χ3n) is 3.93. The summed E-state index contributed by atoms with van der Waals surface area (Å²) < 4.78 is 27.0. The van der Waals surface area contributed by atoms with Crippen molar-refractivity contribution < 1.29 is 13.2 Å². The molecule has 7 heteroatoms. The SMILES string of the molecule is O=C(NCc1ccc(S(=O)(=O)N2CCCCC2)s1)C1CC1. The number of hydrogen-bond donors (Lipinski definition) is 1. The van der Waals surface area contributed by atoms with Crippen LogP contribution in [0.2, 0.25) is 0 Å². The fraction of sp³-hybridized carbons (Fsp3) is 0.643. The van der Waals surface area contributed by atoms with Crippen molar-refractivity contribution in [1.82, 2.24) is 9.62 Å². The number of amides is 1. The number of rotatable bonds is 5. The predicted molar refractivity (Wildman–Crippen MR) is 81.5 cm³/mol. The molecule has 21 heavy (non-hydrogen) atoms. The van der Waals surface area contributed by atoms with Crippen LogP contribution in [0, 0.1) is 5.92 Å². The Kier molecular flexibility index (Phi) is 4.33. The lowest BCUT2D eigenvalue weighted by atomic mass is 10.2. The minimum absolute atomic E-state index is 0.0869. The lowest BCUT2D eigenvalue weighted by molar-refractivity contribution is -0.122. The van der Waals surface area contributed by atoms with Gasteiger partial charge in [-0.2, -0.15) is 4.31 Å². The molecule has 1 saturated carbocycles. The predicted octanol–water partition coefficient (Wildman–Crippen LogP) is 1.95. The molecular formula is C14H20N2O3S2. The molecule has 0 unspecified atom stereocenters. The third kappa shape index (κ3) is 3.46. The largest absolute Gasteiger partial charge is 0.351 e. The van der Waals surface area contributed by atoms with E-state index in [0.29, 0.717) is 23.8 Å². The lowest BCUT2D eigenvalue weighted by Crippen LogP contribution is -2.35. The molecule has 0 bridgehead atoms. The summed E-state index contributed by atoms with van der Waals surface area (Å²) in [5.74, 6) is 0.269. The molecule has 5 nitrogen and oxygen atoms in total. The molecule has 0 spiro atoms. The summed E-state index contributed by atoms with van der Waals surface area (Å²) in [5.41, 5.74) is 0. The Balaban J connectivity index is 1.64. The fourth-order valence-electron chi connectivity index (χ4n) is 2.49. The van der Waals surface area contributed by atoms with E-state index in [1.165, 1.54) is 11.3 Å². The van der Waals surface area contributed by atoms with E-state index in [1.807, 2.05) is 0 Å². The maximum atomic E-state index is 12.5. The summed E-state index contributed by atoms with van der Waals surface area (Å²) in [5, 5.41) is 2.87. The molecule has 2 fully saturated rings. The quantitative estimate of drug-likeness (QED) is 0.898. The number of carbonyl (C=O) groups excluding carboxylic acids is 1. The fourth-order valence-corrected chi connectivity index (χ4v) is 5.46. The van der Waals surface area contributed by atoms with Crippen molar-refractivity contribution in [2.24, 2.45) is 5.92 Å². The Labute approximate surface area is 129 Å². The number of sulfonamides is 1. The third-order valence-corrected chi connectivity index (χ3v) is 7.38. The first-order chi connectivity index (χ1) is 10.1. The van der Waals surface area contributed by atoms with Crippen LogP contribution < -0.4 is 5.32 Å². The second kappa shape index (κ2) is 6.06. The van der Waals surface area contributed by atoms with Crippen LogP contribution in [0.25, 0.3) is 0 Å². The molecule has 1 N–H and O–H groups in total. The number of nitrogens with one attached hydrogen (secondary N) is 1. The summed E-state index contributed by atoms with van der Waals surface area (Å²) in [7, 11) is -3.34. The van der Waals surface area contributed by atoms with Crippen LogP contribution in [0.3, 0.4) is 0 Å². The monoisotopic (exact) mass is 328 g/mol. The van der Waals surface area contributed by atoms with Crippen LogP contribution in [0.1, 0.15) is 37.0 Å². The number of nitrogens with zero attached hydrogens (tertiary/aromatic N) is 1. The molecule has 3 rings (SSSR count). The molecule has 116 valence electrons. The van der Waals surface area contributed by atoms with Gasteiger partial charge in [-0.3, -0.25) is 4.79 Å². The summed E-state index contributed by atoms with van der Waals surface area (Å²) in [6.45, 7) is 1.66. The summed E-state index contributed by atoms with van der Waals surface area (Å²) >= 11 is 1.26. The van der Waals surface area contributed by atoms with E-state index in [1.54, 1.807) is 16.4 Å². The van der Waals surface area contributed by atoms with Gasteiger partial charge in [-0.15, -0.1) is 11.3 Å². The standard InChI is InChI=1S/C14H20N2O3S2/c17-14(11-4-5-11)15-10-12-6-7-13(20-12)21(18,19)16-8-2-1-3-9-16/h6-7,11H,1-5,8-10H2,(H,15,17). The first-order valence-corrected chi connectivity index (χ1v) is 9.69. The summed E-state index contributed by atoms with van der Waals surface area (Å²) in [4.78, 5) is 12.5. The number of thiophene rings is 1. The van der Waals surface area contributed by atoms with Gasteiger partial charge in [0.25, 0.3) is 10.0 Å². The van der Waals surface area contributed by atoms with Crippen LogP contribution >= 0.6 is 11.3 Å². The van der Waals surface area contributed by atoms with Gasteiger partial charge in [0.1, 0.15) is 4.21 Å². The highest BCUT2D eigenvalue weighted by Gasteiger charge is 2.30. The summed E-state index contributed by atoms with van der Waals surface area (Å²) in [6, 6.07) is 3.46. The van der Waals surface area contributed by atoms with Crippen LogP contribution in [0.4, 0.5) is 0 Å². The highest BCUT2D eigenvalue weighted by Crippen LogP contribution is 2.30. The Morgan fingerprint density at radius 1 is 1.24 bits per heavy atom. The smallest absolute Gasteiger partial charge is 0.252 e. The molecule has 0 atom stereocenters.